The van der Waals surface area contributed by atoms with Gasteiger partial charge in [0, 0.05) is 25.4 Å². The molecule has 0 heterocycles. The quantitative estimate of drug-likeness (QED) is 0.507. The third-order valence-electron chi connectivity index (χ3n) is 1.81. The van der Waals surface area contributed by atoms with Gasteiger partial charge in [-0.3, -0.25) is 9.59 Å². The lowest BCUT2D eigenvalue weighted by Gasteiger charge is -2.06. The second-order valence-corrected chi connectivity index (χ2v) is 6.06. The number of carbonyl (C=O) groups excluding carboxylic acids is 2. The highest BCUT2D eigenvalue weighted by Crippen LogP contribution is 2.00. The summed E-state index contributed by atoms with van der Waals surface area (Å²) < 4.78 is 15.8. The second kappa shape index (κ2) is 14.3. The van der Waals surface area contributed by atoms with Crippen molar-refractivity contribution in [2.45, 2.75) is 13.8 Å². The summed E-state index contributed by atoms with van der Waals surface area (Å²) in [5.74, 6) is 1.37. The van der Waals surface area contributed by atoms with Gasteiger partial charge in [0.2, 0.25) is 0 Å². The average Bonchev–Trinajstić information content (AvgIpc) is 2.34. The van der Waals surface area contributed by atoms with Gasteiger partial charge in [-0.2, -0.15) is 0 Å². The minimum Gasteiger partial charge on any atom is -0.378 e. The zero-order chi connectivity index (χ0) is 14.3. The lowest BCUT2D eigenvalue weighted by atomic mass is 10.7. The van der Waals surface area contributed by atoms with E-state index in [0.717, 1.165) is 0 Å². The zero-order valence-electron chi connectivity index (χ0n) is 11.5. The minimum atomic E-state index is 0.111. The molecule has 0 amide bonds. The van der Waals surface area contributed by atoms with Crippen molar-refractivity contribution >= 4 is 33.8 Å². The number of thioether (sulfide) groups is 2. The summed E-state index contributed by atoms with van der Waals surface area (Å²) in [6, 6.07) is 0. The van der Waals surface area contributed by atoms with E-state index < -0.39 is 0 Å². The van der Waals surface area contributed by atoms with Crippen molar-refractivity contribution in [3.05, 3.63) is 0 Å². The van der Waals surface area contributed by atoms with Gasteiger partial charge >= 0.3 is 0 Å². The van der Waals surface area contributed by atoms with Crippen LogP contribution in [0.25, 0.3) is 0 Å². The van der Waals surface area contributed by atoms with Crippen LogP contribution in [0.15, 0.2) is 0 Å². The van der Waals surface area contributed by atoms with Crippen molar-refractivity contribution in [1.29, 1.82) is 0 Å². The van der Waals surface area contributed by atoms with Crippen molar-refractivity contribution < 1.29 is 23.8 Å². The Morgan fingerprint density at radius 3 is 1.32 bits per heavy atom. The topological polar surface area (TPSA) is 61.8 Å². The Morgan fingerprint density at radius 2 is 1.00 bits per heavy atom. The molecule has 0 N–H and O–H groups in total. The third-order valence-corrected chi connectivity index (χ3v) is 3.36. The molecule has 5 nitrogen and oxygen atoms in total. The Kier molecular flexibility index (Phi) is 14.3. The molecule has 0 aliphatic heterocycles. The van der Waals surface area contributed by atoms with E-state index in [9.17, 15) is 9.59 Å². The molecule has 0 unspecified atom stereocenters. The molecular formula is C12H22O5S2. The van der Waals surface area contributed by atoms with E-state index >= 15 is 0 Å². The average molecular weight is 310 g/mol. The summed E-state index contributed by atoms with van der Waals surface area (Å²) in [7, 11) is 0. The summed E-state index contributed by atoms with van der Waals surface area (Å²) >= 11 is 2.52. The highest BCUT2D eigenvalue weighted by molar-refractivity contribution is 8.13. The van der Waals surface area contributed by atoms with Crippen LogP contribution in [0.2, 0.25) is 0 Å². The van der Waals surface area contributed by atoms with E-state index in [-0.39, 0.29) is 10.2 Å². The van der Waals surface area contributed by atoms with E-state index in [4.69, 9.17) is 14.2 Å². The predicted octanol–water partition coefficient (Wildman–Crippen LogP) is 1.60. The van der Waals surface area contributed by atoms with Gasteiger partial charge in [-0.15, -0.1) is 0 Å². The first-order chi connectivity index (χ1) is 9.13. The SMILES string of the molecule is CC(=O)SCCOCCOCCOCCSC(C)=O. The number of carbonyl (C=O) groups is 2. The summed E-state index contributed by atoms with van der Waals surface area (Å²) in [5.41, 5.74) is 0. The third kappa shape index (κ3) is 17.9. The number of rotatable bonds is 12. The van der Waals surface area contributed by atoms with E-state index in [0.29, 0.717) is 51.1 Å². The molecule has 0 saturated carbocycles. The van der Waals surface area contributed by atoms with E-state index in [1.165, 1.54) is 23.5 Å². The fraction of sp³-hybridized carbons (Fsp3) is 0.833. The largest absolute Gasteiger partial charge is 0.378 e. The van der Waals surface area contributed by atoms with Crippen LogP contribution in [-0.2, 0) is 23.8 Å². The highest BCUT2D eigenvalue weighted by atomic mass is 32.2. The first kappa shape index (κ1) is 18.9. The predicted molar refractivity (Wildman–Crippen MR) is 78.7 cm³/mol. The van der Waals surface area contributed by atoms with Crippen LogP contribution >= 0.6 is 23.5 Å². The molecule has 0 atom stereocenters. The molecule has 0 aromatic heterocycles. The van der Waals surface area contributed by atoms with Crippen LogP contribution in [0.4, 0.5) is 0 Å². The summed E-state index contributed by atoms with van der Waals surface area (Å²) in [5, 5.41) is 0.222. The number of hydrogen-bond donors (Lipinski definition) is 0. The molecule has 7 heteroatoms. The van der Waals surface area contributed by atoms with Crippen molar-refractivity contribution in [3.8, 4) is 0 Å². The van der Waals surface area contributed by atoms with Crippen LogP contribution in [0.1, 0.15) is 13.8 Å². The fourth-order valence-electron chi connectivity index (χ4n) is 1.03. The van der Waals surface area contributed by atoms with Crippen LogP contribution < -0.4 is 0 Å². The normalized spacial score (nSPS) is 10.6. The zero-order valence-corrected chi connectivity index (χ0v) is 13.1. The number of hydrogen-bond acceptors (Lipinski definition) is 7. The number of ether oxygens (including phenoxy) is 3. The maximum absolute atomic E-state index is 10.6. The fourth-order valence-corrected chi connectivity index (χ4v) is 2.01. The lowest BCUT2D eigenvalue weighted by Crippen LogP contribution is -2.11. The van der Waals surface area contributed by atoms with Gasteiger partial charge in [-0.05, 0) is 0 Å². The van der Waals surface area contributed by atoms with Gasteiger partial charge in [-0.25, -0.2) is 0 Å². The molecule has 0 aliphatic carbocycles. The van der Waals surface area contributed by atoms with Gasteiger partial charge in [0.15, 0.2) is 10.2 Å². The van der Waals surface area contributed by atoms with E-state index in [2.05, 4.69) is 0 Å². The van der Waals surface area contributed by atoms with Crippen molar-refractivity contribution in [1.82, 2.24) is 0 Å². The first-order valence-electron chi connectivity index (χ1n) is 6.13. The van der Waals surface area contributed by atoms with Gasteiger partial charge < -0.3 is 14.2 Å². The van der Waals surface area contributed by atoms with Crippen molar-refractivity contribution in [3.63, 3.8) is 0 Å². The molecule has 0 rings (SSSR count). The van der Waals surface area contributed by atoms with Crippen LogP contribution in [0, 0.1) is 0 Å². The maximum atomic E-state index is 10.6. The van der Waals surface area contributed by atoms with Gasteiger partial charge in [0.05, 0.1) is 39.6 Å². The Hall–Kier alpha value is -0.0800. The smallest absolute Gasteiger partial charge is 0.185 e. The van der Waals surface area contributed by atoms with Crippen LogP contribution in [0.3, 0.4) is 0 Å². The molecule has 0 aliphatic rings. The molecular weight excluding hydrogens is 288 g/mol. The van der Waals surface area contributed by atoms with Gasteiger partial charge in [0.1, 0.15) is 0 Å². The summed E-state index contributed by atoms with van der Waals surface area (Å²) in [4.78, 5) is 21.2. The molecule has 0 saturated heterocycles. The Bertz CT molecular complexity index is 224. The summed E-state index contributed by atoms with van der Waals surface area (Å²) in [6.45, 7) is 6.31. The first-order valence-corrected chi connectivity index (χ1v) is 8.10. The molecule has 19 heavy (non-hydrogen) atoms. The van der Waals surface area contributed by atoms with Gasteiger partial charge in [0.25, 0.3) is 0 Å². The molecule has 0 spiro atoms. The highest BCUT2D eigenvalue weighted by Gasteiger charge is 1.96. The Labute approximate surface area is 123 Å². The van der Waals surface area contributed by atoms with E-state index in [1.807, 2.05) is 0 Å². The molecule has 0 bridgehead atoms. The van der Waals surface area contributed by atoms with E-state index in [1.54, 1.807) is 13.8 Å². The van der Waals surface area contributed by atoms with Crippen molar-refractivity contribution in [2.24, 2.45) is 0 Å². The Balaban J connectivity index is 2.99. The minimum absolute atomic E-state index is 0.111. The monoisotopic (exact) mass is 310 g/mol. The standard InChI is InChI=1S/C12H22O5S2/c1-11(13)18-9-7-16-5-3-15-4-6-17-8-10-19-12(2)14/h3-10H2,1-2H3. The molecule has 0 radical (unpaired) electrons. The molecule has 0 aromatic carbocycles. The molecule has 0 aromatic rings. The van der Waals surface area contributed by atoms with Crippen molar-refractivity contribution in [2.75, 3.05) is 51.1 Å². The lowest BCUT2D eigenvalue weighted by molar-refractivity contribution is -0.109. The summed E-state index contributed by atoms with van der Waals surface area (Å²) in [6.07, 6.45) is 0. The second-order valence-electron chi connectivity index (χ2n) is 3.52. The molecule has 112 valence electrons. The van der Waals surface area contributed by atoms with Crippen LogP contribution in [-0.4, -0.2) is 61.4 Å². The maximum Gasteiger partial charge on any atom is 0.185 e. The Morgan fingerprint density at radius 1 is 0.684 bits per heavy atom. The van der Waals surface area contributed by atoms with Gasteiger partial charge in [-0.1, -0.05) is 23.5 Å². The van der Waals surface area contributed by atoms with Crippen LogP contribution in [0.5, 0.6) is 0 Å². The molecule has 0 fully saturated rings.